The van der Waals surface area contributed by atoms with Crippen LogP contribution in [0.3, 0.4) is 0 Å². The predicted molar refractivity (Wildman–Crippen MR) is 102 cm³/mol. The molecule has 4 nitrogen and oxygen atoms in total. The summed E-state index contributed by atoms with van der Waals surface area (Å²) < 4.78 is 12.3. The number of carbonyl (C=O) groups is 1. The molecule has 1 aliphatic rings. The second-order valence-electron chi connectivity index (χ2n) is 9.88. The summed E-state index contributed by atoms with van der Waals surface area (Å²) in [6.45, 7) is 22.7. The zero-order chi connectivity index (χ0) is 18.3. The van der Waals surface area contributed by atoms with Gasteiger partial charge in [-0.05, 0) is 42.7 Å². The Morgan fingerprint density at radius 1 is 0.957 bits per heavy atom. The molecule has 2 unspecified atom stereocenters. The molecule has 0 aromatic heterocycles. The van der Waals surface area contributed by atoms with E-state index >= 15 is 0 Å². The summed E-state index contributed by atoms with van der Waals surface area (Å²) in [5.74, 6) is -0.0991. The third-order valence-electron chi connectivity index (χ3n) is 5.80. The van der Waals surface area contributed by atoms with Crippen LogP contribution in [0.25, 0.3) is 0 Å². The van der Waals surface area contributed by atoms with Crippen LogP contribution in [0.1, 0.15) is 48.0 Å². The number of carbonyl (C=O) groups excluding carboxylic acids is 1. The third-order valence-corrected chi connectivity index (χ3v) is 14.7. The Balaban J connectivity index is 2.63. The maximum absolute atomic E-state index is 12.5. The highest BCUT2D eigenvalue weighted by Crippen LogP contribution is 2.39. The summed E-state index contributed by atoms with van der Waals surface area (Å²) in [4.78, 5) is 12.5. The van der Waals surface area contributed by atoms with Crippen LogP contribution in [0, 0.1) is 0 Å². The second kappa shape index (κ2) is 6.61. The number of rotatable bonds is 4. The van der Waals surface area contributed by atoms with Crippen molar-refractivity contribution in [2.45, 2.75) is 96.4 Å². The van der Waals surface area contributed by atoms with Crippen molar-refractivity contribution in [2.75, 3.05) is 6.54 Å². The lowest BCUT2D eigenvalue weighted by molar-refractivity contribution is -0.137. The van der Waals surface area contributed by atoms with Gasteiger partial charge in [-0.1, -0.05) is 41.5 Å². The second-order valence-corrected chi connectivity index (χ2v) is 19.4. The van der Waals surface area contributed by atoms with Gasteiger partial charge >= 0.3 is 5.97 Å². The van der Waals surface area contributed by atoms with Crippen molar-refractivity contribution in [3.05, 3.63) is 0 Å². The first-order valence-corrected chi connectivity index (χ1v) is 14.5. The monoisotopic (exact) mass is 359 g/mol. The highest BCUT2D eigenvalue weighted by molar-refractivity contribution is 6.75. The van der Waals surface area contributed by atoms with Gasteiger partial charge in [0.1, 0.15) is 6.04 Å². The van der Waals surface area contributed by atoms with Crippen LogP contribution in [0.2, 0.25) is 36.3 Å². The van der Waals surface area contributed by atoms with Crippen LogP contribution in [0.4, 0.5) is 0 Å². The molecular formula is C17H37NO3Si2. The fourth-order valence-corrected chi connectivity index (χ4v) is 4.36. The number of nitrogens with one attached hydrogen (secondary N) is 1. The normalized spacial score (nSPS) is 23.9. The zero-order valence-corrected chi connectivity index (χ0v) is 18.8. The molecule has 6 heteroatoms. The zero-order valence-electron chi connectivity index (χ0n) is 16.8. The molecule has 0 bridgehead atoms. The predicted octanol–water partition coefficient (Wildman–Crippen LogP) is 4.29. The van der Waals surface area contributed by atoms with Gasteiger partial charge in [0.15, 0.2) is 8.32 Å². The van der Waals surface area contributed by atoms with E-state index in [4.69, 9.17) is 8.85 Å². The Morgan fingerprint density at radius 2 is 1.43 bits per heavy atom. The molecule has 0 amide bonds. The molecule has 136 valence electrons. The Labute approximate surface area is 145 Å². The average Bonchev–Trinajstić information content (AvgIpc) is 2.72. The number of hydrogen-bond acceptors (Lipinski definition) is 4. The van der Waals surface area contributed by atoms with Gasteiger partial charge in [0.05, 0.1) is 6.10 Å². The van der Waals surface area contributed by atoms with E-state index < -0.39 is 16.6 Å². The van der Waals surface area contributed by atoms with Gasteiger partial charge in [-0.15, -0.1) is 0 Å². The lowest BCUT2D eigenvalue weighted by Gasteiger charge is -2.38. The van der Waals surface area contributed by atoms with Crippen molar-refractivity contribution in [2.24, 2.45) is 0 Å². The van der Waals surface area contributed by atoms with Gasteiger partial charge in [-0.25, -0.2) is 0 Å². The van der Waals surface area contributed by atoms with Crippen LogP contribution in [0.15, 0.2) is 0 Å². The Bertz CT molecular complexity index is 436. The first-order chi connectivity index (χ1) is 10.1. The van der Waals surface area contributed by atoms with Crippen molar-refractivity contribution >= 4 is 22.6 Å². The molecule has 0 aromatic rings. The number of hydrogen-bond donors (Lipinski definition) is 1. The van der Waals surface area contributed by atoms with Crippen LogP contribution in [0.5, 0.6) is 0 Å². The minimum Gasteiger partial charge on any atom is -0.518 e. The highest BCUT2D eigenvalue weighted by atomic mass is 28.4. The summed E-state index contributed by atoms with van der Waals surface area (Å²) in [7, 11) is -3.85. The van der Waals surface area contributed by atoms with Gasteiger partial charge in [0.25, 0.3) is 8.32 Å². The van der Waals surface area contributed by atoms with E-state index in [1.807, 2.05) is 0 Å². The molecule has 1 fully saturated rings. The van der Waals surface area contributed by atoms with Crippen molar-refractivity contribution < 1.29 is 13.6 Å². The van der Waals surface area contributed by atoms with Crippen LogP contribution >= 0.6 is 0 Å². The van der Waals surface area contributed by atoms with E-state index in [1.54, 1.807) is 0 Å². The highest BCUT2D eigenvalue weighted by Gasteiger charge is 2.44. The molecule has 1 aliphatic heterocycles. The van der Waals surface area contributed by atoms with Crippen LogP contribution < -0.4 is 5.32 Å². The van der Waals surface area contributed by atoms with Gasteiger partial charge in [0.2, 0.25) is 0 Å². The first-order valence-electron chi connectivity index (χ1n) is 8.71. The summed E-state index contributed by atoms with van der Waals surface area (Å²) in [6, 6.07) is -0.223. The fourth-order valence-electron chi connectivity index (χ4n) is 2.04. The molecule has 0 aliphatic carbocycles. The van der Waals surface area contributed by atoms with Gasteiger partial charge in [0, 0.05) is 6.54 Å². The summed E-state index contributed by atoms with van der Waals surface area (Å²) in [6.07, 6.45) is 0.841. The first kappa shape index (κ1) is 20.9. The molecule has 1 heterocycles. The maximum atomic E-state index is 12.5. The fraction of sp³-hybridized carbons (Fsp3) is 0.941. The van der Waals surface area contributed by atoms with E-state index in [0.717, 1.165) is 13.0 Å². The van der Waals surface area contributed by atoms with Gasteiger partial charge in [-0.3, -0.25) is 4.79 Å². The molecule has 0 saturated carbocycles. The molecule has 1 N–H and O–H groups in total. The van der Waals surface area contributed by atoms with Crippen molar-refractivity contribution in [1.82, 2.24) is 5.32 Å². The van der Waals surface area contributed by atoms with E-state index in [-0.39, 0.29) is 28.2 Å². The van der Waals surface area contributed by atoms with Crippen LogP contribution in [-0.2, 0) is 13.6 Å². The summed E-state index contributed by atoms with van der Waals surface area (Å²) in [5.41, 5.74) is 0. The standard InChI is InChI=1S/C17H37NO3Si2/c1-16(2,3)22(7,8)20-13-11-14(18-12-13)15(19)21-23(9,10)17(4,5)6/h13-14,18H,11-12H2,1-10H3. The Hall–Kier alpha value is -0.176. The summed E-state index contributed by atoms with van der Waals surface area (Å²) >= 11 is 0. The minimum atomic E-state index is -2.06. The minimum absolute atomic E-state index is 0.0400. The maximum Gasteiger partial charge on any atom is 0.309 e. The lowest BCUT2D eigenvalue weighted by Crippen LogP contribution is -2.46. The quantitative estimate of drug-likeness (QED) is 0.761. The van der Waals surface area contributed by atoms with E-state index in [1.165, 1.54) is 0 Å². The van der Waals surface area contributed by atoms with Gasteiger partial charge < -0.3 is 14.2 Å². The Kier molecular flexibility index (Phi) is 6.00. The third kappa shape index (κ3) is 5.15. The molecule has 23 heavy (non-hydrogen) atoms. The van der Waals surface area contributed by atoms with E-state index in [2.05, 4.69) is 73.0 Å². The molecular weight excluding hydrogens is 322 g/mol. The SMILES string of the molecule is CC(C)(C)[Si](C)(C)OC(=O)C1CC(O[Si](C)(C)C(C)(C)C)CN1. The van der Waals surface area contributed by atoms with E-state index in [9.17, 15) is 4.79 Å². The molecule has 0 radical (unpaired) electrons. The largest absolute Gasteiger partial charge is 0.518 e. The van der Waals surface area contributed by atoms with Crippen molar-refractivity contribution in [3.8, 4) is 0 Å². The average molecular weight is 360 g/mol. The molecule has 2 atom stereocenters. The smallest absolute Gasteiger partial charge is 0.309 e. The van der Waals surface area contributed by atoms with E-state index in [0.29, 0.717) is 0 Å². The Morgan fingerprint density at radius 3 is 1.87 bits per heavy atom. The molecule has 1 saturated heterocycles. The molecule has 0 spiro atoms. The lowest BCUT2D eigenvalue weighted by atomic mass is 10.2. The molecule has 0 aromatic carbocycles. The van der Waals surface area contributed by atoms with Gasteiger partial charge in [-0.2, -0.15) is 0 Å². The van der Waals surface area contributed by atoms with Crippen molar-refractivity contribution in [1.29, 1.82) is 0 Å². The summed E-state index contributed by atoms with van der Waals surface area (Å²) in [5, 5.41) is 3.53. The molecule has 1 rings (SSSR count). The topological polar surface area (TPSA) is 47.6 Å². The van der Waals surface area contributed by atoms with Crippen molar-refractivity contribution in [3.63, 3.8) is 0 Å². The van der Waals surface area contributed by atoms with Crippen LogP contribution in [-0.4, -0.2) is 41.3 Å².